The van der Waals surface area contributed by atoms with Crippen molar-refractivity contribution in [1.82, 2.24) is 9.97 Å². The van der Waals surface area contributed by atoms with Crippen molar-refractivity contribution in [3.8, 4) is 0 Å². The maximum Gasteiger partial charge on any atom is 0.0905 e. The zero-order valence-electron chi connectivity index (χ0n) is 18.1. The SMILES string of the molecule is CCCCCCCCCCCCCCCCc1nc2ccc(Cl)cc2nc1C. The summed E-state index contributed by atoms with van der Waals surface area (Å²) in [6.07, 6.45) is 20.6. The van der Waals surface area contributed by atoms with Gasteiger partial charge in [-0.1, -0.05) is 102 Å². The van der Waals surface area contributed by atoms with E-state index in [0.717, 1.165) is 33.9 Å². The molecule has 0 N–H and O–H groups in total. The summed E-state index contributed by atoms with van der Waals surface area (Å²) in [7, 11) is 0. The molecule has 1 heterocycles. The van der Waals surface area contributed by atoms with Gasteiger partial charge in [-0.25, -0.2) is 9.97 Å². The molecule has 156 valence electrons. The zero-order valence-corrected chi connectivity index (χ0v) is 18.9. The highest BCUT2D eigenvalue weighted by Crippen LogP contribution is 2.19. The third-order valence-corrected chi connectivity index (χ3v) is 5.90. The van der Waals surface area contributed by atoms with Crippen LogP contribution in [0.4, 0.5) is 0 Å². The number of nitrogens with zero attached hydrogens (tertiary/aromatic N) is 2. The minimum atomic E-state index is 0.723. The molecule has 0 aliphatic rings. The van der Waals surface area contributed by atoms with Crippen molar-refractivity contribution in [2.75, 3.05) is 0 Å². The summed E-state index contributed by atoms with van der Waals surface area (Å²) >= 11 is 6.05. The lowest BCUT2D eigenvalue weighted by Crippen LogP contribution is -1.99. The Bertz CT molecular complexity index is 684. The summed E-state index contributed by atoms with van der Waals surface area (Å²) < 4.78 is 0. The number of benzene rings is 1. The lowest BCUT2D eigenvalue weighted by atomic mass is 10.0. The molecule has 0 aliphatic heterocycles. The number of fused-ring (bicyclic) bond motifs is 1. The van der Waals surface area contributed by atoms with Crippen LogP contribution in [0.15, 0.2) is 18.2 Å². The molecule has 2 nitrogen and oxygen atoms in total. The van der Waals surface area contributed by atoms with Crippen LogP contribution in [0.25, 0.3) is 11.0 Å². The molecule has 2 aromatic rings. The molecule has 1 aromatic heterocycles. The summed E-state index contributed by atoms with van der Waals surface area (Å²) in [6.45, 7) is 4.35. The van der Waals surface area contributed by atoms with Crippen LogP contribution in [0, 0.1) is 6.92 Å². The monoisotopic (exact) mass is 402 g/mol. The average molecular weight is 403 g/mol. The highest BCUT2D eigenvalue weighted by molar-refractivity contribution is 6.31. The van der Waals surface area contributed by atoms with Crippen molar-refractivity contribution in [3.05, 3.63) is 34.6 Å². The molecular weight excluding hydrogens is 364 g/mol. The molecule has 28 heavy (non-hydrogen) atoms. The van der Waals surface area contributed by atoms with Gasteiger partial charge in [-0.3, -0.25) is 0 Å². The number of hydrogen-bond donors (Lipinski definition) is 0. The van der Waals surface area contributed by atoms with E-state index in [2.05, 4.69) is 18.8 Å². The number of aromatic nitrogens is 2. The second kappa shape index (κ2) is 13.9. The predicted octanol–water partition coefficient (Wildman–Crippen LogP) is 8.62. The lowest BCUT2D eigenvalue weighted by Gasteiger charge is -2.07. The second-order valence-electron chi connectivity index (χ2n) is 8.23. The number of halogens is 1. The summed E-state index contributed by atoms with van der Waals surface area (Å²) in [5.41, 5.74) is 4.04. The molecule has 0 fully saturated rings. The fourth-order valence-corrected chi connectivity index (χ4v) is 4.04. The first kappa shape index (κ1) is 23.1. The molecule has 3 heteroatoms. The fourth-order valence-electron chi connectivity index (χ4n) is 3.88. The van der Waals surface area contributed by atoms with Crippen LogP contribution in [0.1, 0.15) is 108 Å². The summed E-state index contributed by atoms with van der Waals surface area (Å²) in [6, 6.07) is 5.76. The Morgan fingerprint density at radius 3 is 1.79 bits per heavy atom. The Morgan fingerprint density at radius 2 is 1.21 bits per heavy atom. The van der Waals surface area contributed by atoms with E-state index >= 15 is 0 Å². The summed E-state index contributed by atoms with van der Waals surface area (Å²) in [4.78, 5) is 9.47. The Hall–Kier alpha value is -1.15. The maximum absolute atomic E-state index is 6.05. The van der Waals surface area contributed by atoms with Gasteiger partial charge in [0.25, 0.3) is 0 Å². The first-order valence-electron chi connectivity index (χ1n) is 11.6. The molecule has 0 unspecified atom stereocenters. The number of unbranched alkanes of at least 4 members (excludes halogenated alkanes) is 13. The van der Waals surface area contributed by atoms with Gasteiger partial charge in [0.2, 0.25) is 0 Å². The van der Waals surface area contributed by atoms with Crippen molar-refractivity contribution in [2.24, 2.45) is 0 Å². The van der Waals surface area contributed by atoms with Crippen LogP contribution in [0.3, 0.4) is 0 Å². The van der Waals surface area contributed by atoms with Crippen LogP contribution in [-0.4, -0.2) is 9.97 Å². The summed E-state index contributed by atoms with van der Waals surface area (Å²) in [5.74, 6) is 0. The molecule has 0 bridgehead atoms. The lowest BCUT2D eigenvalue weighted by molar-refractivity contribution is 0.535. The largest absolute Gasteiger partial charge is 0.250 e. The van der Waals surface area contributed by atoms with Gasteiger partial charge < -0.3 is 0 Å². The summed E-state index contributed by atoms with van der Waals surface area (Å²) in [5, 5.41) is 0.723. The van der Waals surface area contributed by atoms with Gasteiger partial charge in [0.15, 0.2) is 0 Å². The molecule has 0 saturated carbocycles. The topological polar surface area (TPSA) is 25.8 Å². The van der Waals surface area contributed by atoms with Gasteiger partial charge in [0.05, 0.1) is 22.4 Å². The van der Waals surface area contributed by atoms with E-state index in [1.54, 1.807) is 0 Å². The van der Waals surface area contributed by atoms with Crippen molar-refractivity contribution in [2.45, 2.75) is 110 Å². The third-order valence-electron chi connectivity index (χ3n) is 5.67. The molecule has 2 rings (SSSR count). The van der Waals surface area contributed by atoms with Crippen molar-refractivity contribution in [3.63, 3.8) is 0 Å². The van der Waals surface area contributed by atoms with Gasteiger partial charge in [-0.05, 0) is 38.0 Å². The molecule has 0 amide bonds. The molecule has 0 radical (unpaired) electrons. The average Bonchev–Trinajstić information content (AvgIpc) is 2.68. The smallest absolute Gasteiger partial charge is 0.0905 e. The first-order chi connectivity index (χ1) is 13.7. The number of rotatable bonds is 15. The normalized spacial score (nSPS) is 11.4. The molecule has 0 spiro atoms. The standard InChI is InChI=1S/C25H39ClN2/c1-3-4-5-6-7-8-9-10-11-12-13-14-15-16-17-23-21(2)27-25-20-22(26)18-19-24(25)28-23/h18-20H,3-17H2,1-2H3. The Balaban J connectivity index is 1.49. The third kappa shape index (κ3) is 8.90. The highest BCUT2D eigenvalue weighted by atomic mass is 35.5. The van der Waals surface area contributed by atoms with Crippen molar-refractivity contribution >= 4 is 22.6 Å². The predicted molar refractivity (Wildman–Crippen MR) is 123 cm³/mol. The minimum absolute atomic E-state index is 0.723. The van der Waals surface area contributed by atoms with E-state index in [4.69, 9.17) is 16.6 Å². The van der Waals surface area contributed by atoms with Gasteiger partial charge in [-0.15, -0.1) is 0 Å². The molecule has 1 aromatic carbocycles. The minimum Gasteiger partial charge on any atom is -0.250 e. The van der Waals surface area contributed by atoms with E-state index in [-0.39, 0.29) is 0 Å². The molecule has 0 aliphatic carbocycles. The van der Waals surface area contributed by atoms with Crippen LogP contribution in [-0.2, 0) is 6.42 Å². The molecule has 0 saturated heterocycles. The first-order valence-corrected chi connectivity index (χ1v) is 12.0. The van der Waals surface area contributed by atoms with Gasteiger partial charge >= 0.3 is 0 Å². The van der Waals surface area contributed by atoms with Crippen LogP contribution >= 0.6 is 11.6 Å². The van der Waals surface area contributed by atoms with E-state index in [1.807, 2.05) is 18.2 Å². The van der Waals surface area contributed by atoms with Crippen LogP contribution < -0.4 is 0 Å². The van der Waals surface area contributed by atoms with E-state index in [0.29, 0.717) is 0 Å². The van der Waals surface area contributed by atoms with E-state index in [1.165, 1.54) is 89.9 Å². The highest BCUT2D eigenvalue weighted by Gasteiger charge is 2.06. The second-order valence-corrected chi connectivity index (χ2v) is 8.67. The van der Waals surface area contributed by atoms with Crippen molar-refractivity contribution < 1.29 is 0 Å². The molecular formula is C25H39ClN2. The Kier molecular flexibility index (Phi) is 11.5. The zero-order chi connectivity index (χ0) is 20.0. The van der Waals surface area contributed by atoms with E-state index < -0.39 is 0 Å². The van der Waals surface area contributed by atoms with Crippen LogP contribution in [0.5, 0.6) is 0 Å². The number of aryl methyl sites for hydroxylation is 2. The molecule has 0 atom stereocenters. The maximum atomic E-state index is 6.05. The Morgan fingerprint density at radius 1 is 0.679 bits per heavy atom. The van der Waals surface area contributed by atoms with Gasteiger partial charge in [-0.2, -0.15) is 0 Å². The fraction of sp³-hybridized carbons (Fsp3) is 0.680. The van der Waals surface area contributed by atoms with Crippen LogP contribution in [0.2, 0.25) is 5.02 Å². The van der Waals surface area contributed by atoms with Crippen molar-refractivity contribution in [1.29, 1.82) is 0 Å². The number of hydrogen-bond acceptors (Lipinski definition) is 2. The Labute approximate surface area is 177 Å². The van der Waals surface area contributed by atoms with Gasteiger partial charge in [0, 0.05) is 5.02 Å². The van der Waals surface area contributed by atoms with E-state index in [9.17, 15) is 0 Å². The van der Waals surface area contributed by atoms with Gasteiger partial charge in [0.1, 0.15) is 0 Å². The quantitative estimate of drug-likeness (QED) is 0.278.